The number of halogens is 1. The second-order valence-electron chi connectivity index (χ2n) is 8.36. The van der Waals surface area contributed by atoms with Crippen LogP contribution in [0.5, 0.6) is 0 Å². The number of hydrogen-bond acceptors (Lipinski definition) is 3. The summed E-state index contributed by atoms with van der Waals surface area (Å²) in [6.45, 7) is -0.197. The van der Waals surface area contributed by atoms with E-state index in [-0.39, 0.29) is 16.5 Å². The van der Waals surface area contributed by atoms with Crippen LogP contribution in [0.4, 0.5) is 0 Å². The lowest BCUT2D eigenvalue weighted by molar-refractivity contribution is 0.0827. The fraction of sp³-hybridized carbons (Fsp3) is 0.440. The molecule has 164 valence electrons. The van der Waals surface area contributed by atoms with E-state index in [1.807, 2.05) is 26.1 Å². The van der Waals surface area contributed by atoms with Crippen molar-refractivity contribution in [2.75, 3.05) is 27.0 Å². The summed E-state index contributed by atoms with van der Waals surface area (Å²) in [7, 11) is 2.05. The van der Waals surface area contributed by atoms with E-state index in [1.165, 1.54) is 5.69 Å². The predicted molar refractivity (Wildman–Crippen MR) is 130 cm³/mol. The van der Waals surface area contributed by atoms with Crippen molar-refractivity contribution in [3.05, 3.63) is 63.4 Å². The van der Waals surface area contributed by atoms with Gasteiger partial charge in [0.05, 0.1) is 0 Å². The Morgan fingerprint density at radius 3 is 2.65 bits per heavy atom. The molecule has 1 aliphatic rings. The predicted octanol–water partition coefficient (Wildman–Crippen LogP) is 5.29. The van der Waals surface area contributed by atoms with Crippen LogP contribution in [0.3, 0.4) is 0 Å². The van der Waals surface area contributed by atoms with Crippen LogP contribution >= 0.6 is 15.9 Å². The second-order valence-corrected chi connectivity index (χ2v) is 9.21. The van der Waals surface area contributed by atoms with Gasteiger partial charge in [-0.15, -0.1) is 0 Å². The lowest BCUT2D eigenvalue weighted by atomic mass is 9.85. The van der Waals surface area contributed by atoms with E-state index in [0.29, 0.717) is 5.92 Å². The Morgan fingerprint density at radius 2 is 2.00 bits per heavy atom. The molecule has 0 N–H and O–H groups in total. The number of aryl methyl sites for hydroxylation is 2. The first-order valence-electron chi connectivity index (χ1n) is 13.5. The number of amides is 1. The van der Waals surface area contributed by atoms with Crippen LogP contribution in [-0.2, 0) is 7.05 Å². The van der Waals surface area contributed by atoms with Gasteiger partial charge in [-0.25, -0.2) is 4.98 Å². The van der Waals surface area contributed by atoms with Crippen LogP contribution in [-0.4, -0.2) is 52.3 Å². The van der Waals surface area contributed by atoms with E-state index in [4.69, 9.17) is 8.22 Å². The number of likely N-dealkylation sites (tertiary alicyclic amines) is 1. The molecule has 1 unspecified atom stereocenters. The fourth-order valence-electron chi connectivity index (χ4n) is 4.79. The number of nitrogens with zero attached hydrogens (tertiary/aromatic N) is 4. The van der Waals surface area contributed by atoms with E-state index in [2.05, 4.69) is 43.4 Å². The van der Waals surface area contributed by atoms with Gasteiger partial charge in [0.2, 0.25) is 0 Å². The molecule has 5 nitrogen and oxygen atoms in total. The largest absolute Gasteiger partial charge is 0.345 e. The molecule has 1 atom stereocenters. The maximum Gasteiger partial charge on any atom is 0.253 e. The number of pyridine rings is 1. The number of hydrogen-bond donors (Lipinski definition) is 0. The van der Waals surface area contributed by atoms with Crippen LogP contribution in [0.2, 0.25) is 0 Å². The molecule has 0 aliphatic carbocycles. The third kappa shape index (κ3) is 4.15. The van der Waals surface area contributed by atoms with Gasteiger partial charge >= 0.3 is 0 Å². The molecule has 0 spiro atoms. The molecule has 1 aliphatic heterocycles. The van der Waals surface area contributed by atoms with Crippen molar-refractivity contribution in [2.45, 2.75) is 38.6 Å². The molecule has 1 aromatic carbocycles. The summed E-state index contributed by atoms with van der Waals surface area (Å²) < 4.78 is 48.3. The standard InChI is InChI=1S/C25H31BrN4O/c1-16-14-19(25(31)28(3)4)6-7-20(16)18-9-12-30(13-10-18)17(2)23-15-21-22(26)8-11-27-24(21)29(23)5/h6-8,11,14-15,17-18H,9-10,12-13H2,1-5H3/i3D3,4D3. The van der Waals surface area contributed by atoms with Crippen LogP contribution < -0.4 is 0 Å². The van der Waals surface area contributed by atoms with E-state index < -0.39 is 19.9 Å². The first-order valence-corrected chi connectivity index (χ1v) is 11.3. The van der Waals surface area contributed by atoms with Gasteiger partial charge in [0, 0.05) is 62.6 Å². The van der Waals surface area contributed by atoms with E-state index in [9.17, 15) is 4.79 Å². The first kappa shape index (κ1) is 15.6. The average Bonchev–Trinajstić information content (AvgIpc) is 3.14. The minimum absolute atomic E-state index is 0.00932. The minimum Gasteiger partial charge on any atom is -0.345 e. The molecular weight excluding hydrogens is 452 g/mol. The summed E-state index contributed by atoms with van der Waals surface area (Å²) in [5.74, 6) is -0.716. The molecule has 1 fully saturated rings. The van der Waals surface area contributed by atoms with Crippen molar-refractivity contribution in [1.82, 2.24) is 19.4 Å². The Balaban J connectivity index is 1.48. The third-order valence-corrected chi connectivity index (χ3v) is 7.27. The maximum atomic E-state index is 12.8. The fourth-order valence-corrected chi connectivity index (χ4v) is 5.20. The van der Waals surface area contributed by atoms with Crippen LogP contribution in [0.15, 0.2) is 41.0 Å². The highest BCUT2D eigenvalue weighted by Crippen LogP contribution is 2.35. The van der Waals surface area contributed by atoms with Gasteiger partial charge in [0.15, 0.2) is 0 Å². The van der Waals surface area contributed by atoms with Gasteiger partial charge in [0.1, 0.15) is 5.65 Å². The first-order chi connectivity index (χ1) is 17.2. The summed E-state index contributed by atoms with van der Waals surface area (Å²) in [6, 6.07) is 9.37. The van der Waals surface area contributed by atoms with E-state index in [1.54, 1.807) is 18.3 Å². The van der Waals surface area contributed by atoms with Gasteiger partial charge in [-0.2, -0.15) is 0 Å². The van der Waals surface area contributed by atoms with Crippen LogP contribution in [0.25, 0.3) is 11.0 Å². The van der Waals surface area contributed by atoms with E-state index >= 15 is 0 Å². The Morgan fingerprint density at radius 1 is 1.26 bits per heavy atom. The molecule has 1 amide bonds. The number of carbonyl (C=O) groups excluding carboxylic acids is 1. The van der Waals surface area contributed by atoms with Crippen molar-refractivity contribution in [2.24, 2.45) is 7.05 Å². The van der Waals surface area contributed by atoms with Gasteiger partial charge in [0.25, 0.3) is 5.91 Å². The zero-order valence-corrected chi connectivity index (χ0v) is 19.6. The number of fused-ring (bicyclic) bond motifs is 1. The molecule has 6 heteroatoms. The van der Waals surface area contributed by atoms with Crippen molar-refractivity contribution in [1.29, 1.82) is 0 Å². The Hall–Kier alpha value is -2.18. The van der Waals surface area contributed by atoms with Crippen molar-refractivity contribution in [3.63, 3.8) is 0 Å². The quantitative estimate of drug-likeness (QED) is 0.500. The lowest BCUT2D eigenvalue weighted by Crippen LogP contribution is -2.35. The van der Waals surface area contributed by atoms with Crippen LogP contribution in [0.1, 0.15) is 67.1 Å². The smallest absolute Gasteiger partial charge is 0.253 e. The molecule has 1 saturated heterocycles. The molecular formula is C25H31BrN4O. The van der Waals surface area contributed by atoms with Crippen molar-refractivity contribution in [3.8, 4) is 0 Å². The van der Waals surface area contributed by atoms with Gasteiger partial charge < -0.3 is 9.47 Å². The highest BCUT2D eigenvalue weighted by Gasteiger charge is 2.27. The zero-order valence-electron chi connectivity index (χ0n) is 24.0. The summed E-state index contributed by atoms with van der Waals surface area (Å²) >= 11 is 3.62. The minimum atomic E-state index is -3.06. The number of rotatable bonds is 4. The number of piperidine rings is 1. The summed E-state index contributed by atoms with van der Waals surface area (Å²) in [5.41, 5.74) is 4.19. The molecule has 2 aromatic heterocycles. The SMILES string of the molecule is [2H]C([2H])([2H])N(C(=O)c1ccc(C2CCN(C(C)c3cc4c(Br)ccnc4n3C)CC2)c(C)c1)C([2H])([2H])[2H]. The summed E-state index contributed by atoms with van der Waals surface area (Å²) in [5, 5.41) is 1.10. The molecule has 4 rings (SSSR count). The lowest BCUT2D eigenvalue weighted by Gasteiger charge is -2.37. The van der Waals surface area contributed by atoms with Crippen molar-refractivity contribution < 1.29 is 13.0 Å². The zero-order chi connectivity index (χ0) is 27.3. The molecule has 0 bridgehead atoms. The van der Waals surface area contributed by atoms with Gasteiger partial charge in [-0.05, 0) is 97.0 Å². The molecule has 31 heavy (non-hydrogen) atoms. The number of benzene rings is 1. The summed E-state index contributed by atoms with van der Waals surface area (Å²) in [4.78, 5) is 19.8. The van der Waals surface area contributed by atoms with E-state index in [0.717, 1.165) is 52.6 Å². The highest BCUT2D eigenvalue weighted by atomic mass is 79.9. The average molecular weight is 489 g/mol. The second kappa shape index (κ2) is 8.75. The maximum absolute atomic E-state index is 12.8. The topological polar surface area (TPSA) is 41.4 Å². The van der Waals surface area contributed by atoms with Gasteiger partial charge in [-0.1, -0.05) is 6.07 Å². The number of carbonyl (C=O) groups is 1. The van der Waals surface area contributed by atoms with Gasteiger partial charge in [-0.3, -0.25) is 9.69 Å². The highest BCUT2D eigenvalue weighted by molar-refractivity contribution is 9.10. The normalized spacial score (nSPS) is 20.3. The van der Waals surface area contributed by atoms with Crippen LogP contribution in [0, 0.1) is 6.92 Å². The summed E-state index contributed by atoms with van der Waals surface area (Å²) in [6.07, 6.45) is 3.69. The van der Waals surface area contributed by atoms with Crippen molar-refractivity contribution >= 4 is 32.9 Å². The molecule has 0 radical (unpaired) electrons. The Labute approximate surface area is 201 Å². The monoisotopic (exact) mass is 488 g/mol. The Kier molecular flexibility index (Phi) is 4.40. The molecule has 3 heterocycles. The molecule has 0 saturated carbocycles. The molecule has 3 aromatic rings. The third-order valence-electron chi connectivity index (χ3n) is 6.58. The Bertz CT molecular complexity index is 1300. The number of aromatic nitrogens is 2.